The SMILES string of the molecule is COCCCNCc1cc(OC)c(OC)cc1OC.Cl. The molecule has 0 saturated carbocycles. The van der Waals surface area contributed by atoms with Crippen LogP contribution in [0.5, 0.6) is 17.2 Å². The third kappa shape index (κ3) is 5.45. The topological polar surface area (TPSA) is 49.0 Å². The van der Waals surface area contributed by atoms with E-state index in [1.807, 2.05) is 12.1 Å². The van der Waals surface area contributed by atoms with E-state index in [1.54, 1.807) is 28.4 Å². The summed E-state index contributed by atoms with van der Waals surface area (Å²) in [6, 6.07) is 3.77. The van der Waals surface area contributed by atoms with Crippen molar-refractivity contribution in [2.24, 2.45) is 0 Å². The van der Waals surface area contributed by atoms with Crippen LogP contribution < -0.4 is 19.5 Å². The number of nitrogens with one attached hydrogen (secondary N) is 1. The first-order chi connectivity index (χ1) is 9.26. The van der Waals surface area contributed by atoms with Crippen molar-refractivity contribution in [1.29, 1.82) is 0 Å². The van der Waals surface area contributed by atoms with Crippen LogP contribution in [0.15, 0.2) is 12.1 Å². The lowest BCUT2D eigenvalue weighted by atomic mass is 10.1. The van der Waals surface area contributed by atoms with Crippen molar-refractivity contribution in [2.75, 3.05) is 41.6 Å². The Bertz CT molecular complexity index is 388. The number of halogens is 1. The first kappa shape index (κ1) is 18.8. The molecular weight excluding hydrogens is 282 g/mol. The molecule has 0 aliphatic carbocycles. The number of benzene rings is 1. The summed E-state index contributed by atoms with van der Waals surface area (Å²) in [6.07, 6.45) is 0.978. The molecule has 0 heterocycles. The number of methoxy groups -OCH3 is 4. The third-order valence-corrected chi connectivity index (χ3v) is 2.80. The Labute approximate surface area is 127 Å². The van der Waals surface area contributed by atoms with Crippen LogP contribution in [0.25, 0.3) is 0 Å². The zero-order valence-corrected chi connectivity index (χ0v) is 13.3. The number of ether oxygens (including phenoxy) is 4. The predicted molar refractivity (Wildman–Crippen MR) is 81.5 cm³/mol. The molecule has 1 aromatic carbocycles. The minimum atomic E-state index is 0. The van der Waals surface area contributed by atoms with E-state index in [-0.39, 0.29) is 12.4 Å². The van der Waals surface area contributed by atoms with E-state index in [0.717, 1.165) is 30.9 Å². The number of rotatable bonds is 9. The fourth-order valence-corrected chi connectivity index (χ4v) is 1.80. The maximum atomic E-state index is 5.37. The highest BCUT2D eigenvalue weighted by Gasteiger charge is 2.11. The van der Waals surface area contributed by atoms with Crippen molar-refractivity contribution >= 4 is 12.4 Å². The first-order valence-electron chi connectivity index (χ1n) is 6.25. The molecule has 5 nitrogen and oxygen atoms in total. The van der Waals surface area contributed by atoms with Gasteiger partial charge >= 0.3 is 0 Å². The summed E-state index contributed by atoms with van der Waals surface area (Å²) >= 11 is 0. The van der Waals surface area contributed by atoms with Gasteiger partial charge in [0.2, 0.25) is 0 Å². The summed E-state index contributed by atoms with van der Waals surface area (Å²) in [5.41, 5.74) is 1.04. The molecule has 1 N–H and O–H groups in total. The van der Waals surface area contributed by atoms with Crippen LogP contribution in [0.3, 0.4) is 0 Å². The van der Waals surface area contributed by atoms with Gasteiger partial charge in [0.1, 0.15) is 5.75 Å². The highest BCUT2D eigenvalue weighted by Crippen LogP contribution is 2.34. The molecule has 0 fully saturated rings. The van der Waals surface area contributed by atoms with E-state index in [4.69, 9.17) is 18.9 Å². The van der Waals surface area contributed by atoms with Gasteiger partial charge in [-0.25, -0.2) is 0 Å². The molecule has 6 heteroatoms. The summed E-state index contributed by atoms with van der Waals surface area (Å²) in [5, 5.41) is 3.34. The molecule has 0 atom stereocenters. The zero-order valence-electron chi connectivity index (χ0n) is 12.5. The second-order valence-corrected chi connectivity index (χ2v) is 4.04. The van der Waals surface area contributed by atoms with Crippen molar-refractivity contribution in [2.45, 2.75) is 13.0 Å². The van der Waals surface area contributed by atoms with Crippen molar-refractivity contribution in [3.63, 3.8) is 0 Å². The van der Waals surface area contributed by atoms with Crippen molar-refractivity contribution in [1.82, 2.24) is 5.32 Å². The van der Waals surface area contributed by atoms with E-state index < -0.39 is 0 Å². The molecule has 0 unspecified atom stereocenters. The Hall–Kier alpha value is -1.17. The van der Waals surface area contributed by atoms with Gasteiger partial charge in [-0.1, -0.05) is 0 Å². The Morgan fingerprint density at radius 2 is 1.50 bits per heavy atom. The molecule has 1 rings (SSSR count). The van der Waals surface area contributed by atoms with Crippen LogP contribution in [0.4, 0.5) is 0 Å². The summed E-state index contributed by atoms with van der Waals surface area (Å²) in [4.78, 5) is 0. The molecule has 0 amide bonds. The first-order valence-corrected chi connectivity index (χ1v) is 6.25. The van der Waals surface area contributed by atoms with Crippen molar-refractivity contribution in [3.8, 4) is 17.2 Å². The lowest BCUT2D eigenvalue weighted by Crippen LogP contribution is -2.16. The van der Waals surface area contributed by atoms with E-state index in [0.29, 0.717) is 18.0 Å². The van der Waals surface area contributed by atoms with Crippen molar-refractivity contribution < 1.29 is 18.9 Å². The number of hydrogen-bond acceptors (Lipinski definition) is 5. The van der Waals surface area contributed by atoms with E-state index >= 15 is 0 Å². The quantitative estimate of drug-likeness (QED) is 0.709. The Morgan fingerprint density at radius 1 is 0.900 bits per heavy atom. The van der Waals surface area contributed by atoms with Crippen LogP contribution in [-0.4, -0.2) is 41.6 Å². The molecule has 0 radical (unpaired) electrons. The summed E-state index contributed by atoms with van der Waals surface area (Å²) in [7, 11) is 6.59. The molecule has 0 aliphatic rings. The zero-order chi connectivity index (χ0) is 14.1. The number of hydrogen-bond donors (Lipinski definition) is 1. The lowest BCUT2D eigenvalue weighted by molar-refractivity contribution is 0.194. The van der Waals surface area contributed by atoms with Gasteiger partial charge < -0.3 is 24.3 Å². The standard InChI is InChI=1S/C14H23NO4.ClH/c1-16-7-5-6-15-10-11-8-13(18-3)14(19-4)9-12(11)17-2;/h8-9,15H,5-7,10H2,1-4H3;1H. The lowest BCUT2D eigenvalue weighted by Gasteiger charge is -2.14. The van der Waals surface area contributed by atoms with E-state index in [9.17, 15) is 0 Å². The van der Waals surface area contributed by atoms with Crippen LogP contribution in [0.2, 0.25) is 0 Å². The second kappa shape index (κ2) is 10.6. The summed E-state index contributed by atoms with van der Waals surface area (Å²) in [6.45, 7) is 2.37. The van der Waals surface area contributed by atoms with Gasteiger partial charge in [-0.15, -0.1) is 12.4 Å². The third-order valence-electron chi connectivity index (χ3n) is 2.80. The fraction of sp³-hybridized carbons (Fsp3) is 0.571. The molecule has 20 heavy (non-hydrogen) atoms. The smallest absolute Gasteiger partial charge is 0.164 e. The molecule has 0 aliphatic heterocycles. The molecule has 0 spiro atoms. The van der Waals surface area contributed by atoms with Crippen LogP contribution >= 0.6 is 12.4 Å². The minimum absolute atomic E-state index is 0. The van der Waals surface area contributed by atoms with Gasteiger partial charge in [0.05, 0.1) is 21.3 Å². The van der Waals surface area contributed by atoms with Gasteiger partial charge in [-0.05, 0) is 19.0 Å². The molecule has 0 bridgehead atoms. The molecule has 0 saturated heterocycles. The molecule has 0 aromatic heterocycles. The largest absolute Gasteiger partial charge is 0.496 e. The minimum Gasteiger partial charge on any atom is -0.496 e. The van der Waals surface area contributed by atoms with Gasteiger partial charge in [-0.3, -0.25) is 0 Å². The maximum absolute atomic E-state index is 5.37. The van der Waals surface area contributed by atoms with Gasteiger partial charge in [-0.2, -0.15) is 0 Å². The van der Waals surface area contributed by atoms with Crippen molar-refractivity contribution in [3.05, 3.63) is 17.7 Å². The van der Waals surface area contributed by atoms with Gasteiger partial charge in [0, 0.05) is 31.9 Å². The summed E-state index contributed by atoms with van der Waals surface area (Å²) in [5.74, 6) is 2.16. The Morgan fingerprint density at radius 3 is 2.05 bits per heavy atom. The second-order valence-electron chi connectivity index (χ2n) is 4.04. The maximum Gasteiger partial charge on any atom is 0.164 e. The van der Waals surface area contributed by atoms with Crippen LogP contribution in [0.1, 0.15) is 12.0 Å². The molecule has 1 aromatic rings. The highest BCUT2D eigenvalue weighted by molar-refractivity contribution is 5.85. The average molecular weight is 306 g/mol. The van der Waals surface area contributed by atoms with Gasteiger partial charge in [0.25, 0.3) is 0 Å². The predicted octanol–water partition coefficient (Wildman–Crippen LogP) is 2.26. The average Bonchev–Trinajstić information content (AvgIpc) is 2.46. The highest BCUT2D eigenvalue weighted by atomic mass is 35.5. The Balaban J connectivity index is 0.00000361. The van der Waals surface area contributed by atoms with Crippen LogP contribution in [0, 0.1) is 0 Å². The Kier molecular flexibility index (Phi) is 9.98. The fourth-order valence-electron chi connectivity index (χ4n) is 1.80. The molecular formula is C14H24ClNO4. The van der Waals surface area contributed by atoms with Gasteiger partial charge in [0.15, 0.2) is 11.5 Å². The summed E-state index contributed by atoms with van der Waals surface area (Å²) < 4.78 is 20.9. The molecule has 116 valence electrons. The monoisotopic (exact) mass is 305 g/mol. The van der Waals surface area contributed by atoms with E-state index in [1.165, 1.54) is 0 Å². The van der Waals surface area contributed by atoms with E-state index in [2.05, 4.69) is 5.32 Å². The van der Waals surface area contributed by atoms with Crippen LogP contribution in [-0.2, 0) is 11.3 Å². The normalized spacial score (nSPS) is 9.80.